The van der Waals surface area contributed by atoms with E-state index >= 15 is 0 Å². The highest BCUT2D eigenvalue weighted by Gasteiger charge is 2.21. The first-order valence-electron chi connectivity index (χ1n) is 10.3. The van der Waals surface area contributed by atoms with Crippen LogP contribution in [-0.2, 0) is 6.54 Å². The zero-order valence-corrected chi connectivity index (χ0v) is 17.4. The van der Waals surface area contributed by atoms with E-state index in [1.807, 2.05) is 50.5 Å². The third kappa shape index (κ3) is 2.85. The monoisotopic (exact) mass is 400 g/mol. The second kappa shape index (κ2) is 7.18. The van der Waals surface area contributed by atoms with E-state index in [4.69, 9.17) is 9.15 Å². The summed E-state index contributed by atoms with van der Waals surface area (Å²) in [7, 11) is 4.04. The molecule has 0 radical (unpaired) electrons. The highest BCUT2D eigenvalue weighted by molar-refractivity contribution is 6.04. The highest BCUT2D eigenvalue weighted by atomic mass is 16.5. The Kier molecular flexibility index (Phi) is 4.48. The standard InChI is InChI=1S/C25H24N2O3/c1-4-13-29-17-10-11-18-22(14-17)30-25-21(15-26(2)3)27-19-8-6-5-7-16(19)9-12-20(27)23(25)24(18)28/h5-12,14H,4,13,15H2,1-3H3. The van der Waals surface area contributed by atoms with Gasteiger partial charge in [-0.15, -0.1) is 0 Å². The molecule has 0 spiro atoms. The van der Waals surface area contributed by atoms with Crippen LogP contribution in [0.15, 0.2) is 63.8 Å². The number of aromatic nitrogens is 1. The van der Waals surface area contributed by atoms with Crippen molar-refractivity contribution in [3.05, 3.63) is 70.5 Å². The number of hydrogen-bond donors (Lipinski definition) is 0. The summed E-state index contributed by atoms with van der Waals surface area (Å²) in [6.07, 6.45) is 0.923. The van der Waals surface area contributed by atoms with Crippen molar-refractivity contribution in [3.63, 3.8) is 0 Å². The van der Waals surface area contributed by atoms with Gasteiger partial charge >= 0.3 is 0 Å². The normalized spacial score (nSPS) is 12.0. The van der Waals surface area contributed by atoms with Crippen molar-refractivity contribution in [2.45, 2.75) is 19.9 Å². The summed E-state index contributed by atoms with van der Waals surface area (Å²) in [5, 5.41) is 2.33. The Labute approximate surface area is 174 Å². The zero-order chi connectivity index (χ0) is 20.8. The van der Waals surface area contributed by atoms with Crippen molar-refractivity contribution in [2.75, 3.05) is 20.7 Å². The Morgan fingerprint density at radius 3 is 2.67 bits per heavy atom. The molecular weight excluding hydrogens is 376 g/mol. The van der Waals surface area contributed by atoms with Crippen molar-refractivity contribution >= 4 is 38.4 Å². The summed E-state index contributed by atoms with van der Waals surface area (Å²) in [5.74, 6) is 0.718. The molecule has 30 heavy (non-hydrogen) atoms. The SMILES string of the molecule is CCCOc1ccc2c(=O)c3c(oc2c1)c(CN(C)C)n1c2ccccc2ccc31. The first-order valence-corrected chi connectivity index (χ1v) is 10.3. The van der Waals surface area contributed by atoms with Gasteiger partial charge in [0, 0.05) is 12.6 Å². The van der Waals surface area contributed by atoms with Crippen LogP contribution in [-0.4, -0.2) is 30.0 Å². The molecule has 0 saturated carbocycles. The topological polar surface area (TPSA) is 47.1 Å². The van der Waals surface area contributed by atoms with Crippen molar-refractivity contribution in [2.24, 2.45) is 0 Å². The molecular formula is C25H24N2O3. The molecule has 0 atom stereocenters. The number of benzene rings is 2. The molecule has 5 rings (SSSR count). The van der Waals surface area contributed by atoms with Gasteiger partial charge in [-0.2, -0.15) is 0 Å². The Hall–Kier alpha value is -3.31. The molecule has 152 valence electrons. The smallest absolute Gasteiger partial charge is 0.202 e. The number of hydrogen-bond acceptors (Lipinski definition) is 4. The molecule has 0 N–H and O–H groups in total. The number of fused-ring (bicyclic) bond motifs is 6. The van der Waals surface area contributed by atoms with E-state index in [1.165, 1.54) is 0 Å². The lowest BCUT2D eigenvalue weighted by Gasteiger charge is -2.12. The first kappa shape index (κ1) is 18.7. The predicted molar refractivity (Wildman–Crippen MR) is 122 cm³/mol. The number of pyridine rings is 1. The lowest BCUT2D eigenvalue weighted by molar-refractivity contribution is 0.317. The number of rotatable bonds is 5. The van der Waals surface area contributed by atoms with Crippen LogP contribution in [0, 0.1) is 0 Å². The van der Waals surface area contributed by atoms with Gasteiger partial charge in [0.15, 0.2) is 5.58 Å². The summed E-state index contributed by atoms with van der Waals surface area (Å²) in [5.41, 5.74) is 4.11. The predicted octanol–water partition coefficient (Wildman–Crippen LogP) is 5.20. The Morgan fingerprint density at radius 2 is 1.87 bits per heavy atom. The summed E-state index contributed by atoms with van der Waals surface area (Å²) < 4.78 is 14.3. The Balaban J connectivity index is 1.92. The van der Waals surface area contributed by atoms with Gasteiger partial charge < -0.3 is 18.5 Å². The summed E-state index contributed by atoms with van der Waals surface area (Å²) in [4.78, 5) is 15.6. The van der Waals surface area contributed by atoms with E-state index in [1.54, 1.807) is 0 Å². The van der Waals surface area contributed by atoms with Gasteiger partial charge in [0.1, 0.15) is 11.3 Å². The van der Waals surface area contributed by atoms with Gasteiger partial charge in [-0.3, -0.25) is 4.79 Å². The summed E-state index contributed by atoms with van der Waals surface area (Å²) in [6.45, 7) is 3.35. The third-order valence-electron chi connectivity index (χ3n) is 5.43. The average molecular weight is 400 g/mol. The Morgan fingerprint density at radius 1 is 1.03 bits per heavy atom. The van der Waals surface area contributed by atoms with Crippen LogP contribution in [0.1, 0.15) is 19.0 Å². The van der Waals surface area contributed by atoms with Crippen molar-refractivity contribution in [1.82, 2.24) is 9.30 Å². The van der Waals surface area contributed by atoms with Gasteiger partial charge in [-0.1, -0.05) is 31.2 Å². The lowest BCUT2D eigenvalue weighted by atomic mass is 10.1. The van der Waals surface area contributed by atoms with E-state index in [2.05, 4.69) is 34.4 Å². The van der Waals surface area contributed by atoms with Crippen LogP contribution in [0.5, 0.6) is 5.75 Å². The zero-order valence-electron chi connectivity index (χ0n) is 17.4. The maximum Gasteiger partial charge on any atom is 0.202 e. The molecule has 0 amide bonds. The molecule has 0 aliphatic carbocycles. The first-order chi connectivity index (χ1) is 14.6. The molecule has 5 aromatic rings. The molecule has 5 heteroatoms. The van der Waals surface area contributed by atoms with Crippen LogP contribution in [0.3, 0.4) is 0 Å². The molecule has 0 bridgehead atoms. The average Bonchev–Trinajstić information content (AvgIpc) is 3.05. The minimum Gasteiger partial charge on any atom is -0.493 e. The third-order valence-corrected chi connectivity index (χ3v) is 5.43. The summed E-state index contributed by atoms with van der Waals surface area (Å²) >= 11 is 0. The second-order valence-corrected chi connectivity index (χ2v) is 7.94. The van der Waals surface area contributed by atoms with Crippen LogP contribution < -0.4 is 10.2 Å². The van der Waals surface area contributed by atoms with Crippen molar-refractivity contribution in [3.8, 4) is 5.75 Å². The Bertz CT molecular complexity index is 1460. The lowest BCUT2D eigenvalue weighted by Crippen LogP contribution is -2.13. The van der Waals surface area contributed by atoms with Crippen molar-refractivity contribution in [1.29, 1.82) is 0 Å². The largest absolute Gasteiger partial charge is 0.493 e. The van der Waals surface area contributed by atoms with Crippen LogP contribution >= 0.6 is 0 Å². The second-order valence-electron chi connectivity index (χ2n) is 7.94. The molecule has 0 aliphatic heterocycles. The number of para-hydroxylation sites is 1. The van der Waals surface area contributed by atoms with Crippen molar-refractivity contribution < 1.29 is 9.15 Å². The van der Waals surface area contributed by atoms with Gasteiger partial charge in [-0.25, -0.2) is 0 Å². The maximum absolute atomic E-state index is 13.5. The molecule has 0 saturated heterocycles. The minimum atomic E-state index is -0.00826. The number of nitrogens with zero attached hydrogens (tertiary/aromatic N) is 2. The van der Waals surface area contributed by atoms with E-state index in [0.29, 0.717) is 35.1 Å². The van der Waals surface area contributed by atoms with Gasteiger partial charge in [0.05, 0.1) is 34.1 Å². The fourth-order valence-corrected chi connectivity index (χ4v) is 4.15. The molecule has 0 fully saturated rings. The van der Waals surface area contributed by atoms with E-state index in [9.17, 15) is 4.79 Å². The molecule has 3 aromatic heterocycles. The van der Waals surface area contributed by atoms with Crippen LogP contribution in [0.4, 0.5) is 0 Å². The van der Waals surface area contributed by atoms with Crippen LogP contribution in [0.2, 0.25) is 0 Å². The van der Waals surface area contributed by atoms with E-state index in [-0.39, 0.29) is 5.43 Å². The van der Waals surface area contributed by atoms with Gasteiger partial charge in [0.2, 0.25) is 5.43 Å². The fraction of sp³-hybridized carbons (Fsp3) is 0.240. The maximum atomic E-state index is 13.5. The minimum absolute atomic E-state index is 0.00826. The quantitative estimate of drug-likeness (QED) is 0.407. The highest BCUT2D eigenvalue weighted by Crippen LogP contribution is 2.32. The molecule has 5 nitrogen and oxygen atoms in total. The molecule has 3 heterocycles. The van der Waals surface area contributed by atoms with E-state index < -0.39 is 0 Å². The van der Waals surface area contributed by atoms with Crippen LogP contribution in [0.25, 0.3) is 38.4 Å². The molecule has 0 unspecified atom stereocenters. The number of ether oxygens (including phenoxy) is 1. The van der Waals surface area contributed by atoms with Gasteiger partial charge in [0.25, 0.3) is 0 Å². The van der Waals surface area contributed by atoms with Gasteiger partial charge in [-0.05, 0) is 50.2 Å². The fourth-order valence-electron chi connectivity index (χ4n) is 4.15. The molecule has 0 aliphatic rings. The molecule has 2 aromatic carbocycles. The summed E-state index contributed by atoms with van der Waals surface area (Å²) in [6, 6.07) is 17.8. The van der Waals surface area contributed by atoms with E-state index in [0.717, 1.165) is 34.3 Å².